The maximum Gasteiger partial charge on any atom is 0.269 e. The quantitative estimate of drug-likeness (QED) is 0.670. The summed E-state index contributed by atoms with van der Waals surface area (Å²) in [6, 6.07) is 11.1. The van der Waals surface area contributed by atoms with Crippen LogP contribution < -0.4 is 4.74 Å². The van der Waals surface area contributed by atoms with E-state index in [1.807, 2.05) is 0 Å². The minimum Gasteiger partial charge on any atom is -0.456 e. The number of nitrogens with zero attached hydrogens (tertiary/aromatic N) is 1. The fourth-order valence-electron chi connectivity index (χ4n) is 1.62. The van der Waals surface area contributed by atoms with Crippen LogP contribution in [-0.2, 0) is 0 Å². The van der Waals surface area contributed by atoms with Crippen molar-refractivity contribution < 1.29 is 14.8 Å². The standard InChI is InChI=1S/C14H12BrNO4/c1-9(17)10-2-7-14(13(15)8-10)20-12-5-3-11(4-6-12)16(18)19/h2-9,17H,1H3. The van der Waals surface area contributed by atoms with Crippen LogP contribution in [0.15, 0.2) is 46.9 Å². The molecule has 0 aromatic heterocycles. The molecule has 0 saturated carbocycles. The molecular formula is C14H12BrNO4. The van der Waals surface area contributed by atoms with Gasteiger partial charge in [-0.05, 0) is 52.7 Å². The first-order valence-electron chi connectivity index (χ1n) is 5.87. The van der Waals surface area contributed by atoms with E-state index < -0.39 is 11.0 Å². The van der Waals surface area contributed by atoms with Gasteiger partial charge in [-0.25, -0.2) is 0 Å². The van der Waals surface area contributed by atoms with Gasteiger partial charge in [-0.2, -0.15) is 0 Å². The van der Waals surface area contributed by atoms with Crippen LogP contribution in [0.2, 0.25) is 0 Å². The summed E-state index contributed by atoms with van der Waals surface area (Å²) in [6.07, 6.45) is -0.556. The van der Waals surface area contributed by atoms with Crippen LogP contribution in [0.25, 0.3) is 0 Å². The Morgan fingerprint density at radius 2 is 1.90 bits per heavy atom. The molecule has 0 saturated heterocycles. The minimum atomic E-state index is -0.556. The van der Waals surface area contributed by atoms with Crippen molar-refractivity contribution in [2.75, 3.05) is 0 Å². The summed E-state index contributed by atoms with van der Waals surface area (Å²) in [6.45, 7) is 1.68. The predicted octanol–water partition coefficient (Wildman–Crippen LogP) is 4.20. The van der Waals surface area contributed by atoms with E-state index in [1.54, 1.807) is 25.1 Å². The molecule has 0 aliphatic heterocycles. The van der Waals surface area contributed by atoms with Crippen LogP contribution in [0.4, 0.5) is 5.69 Å². The van der Waals surface area contributed by atoms with E-state index in [0.29, 0.717) is 16.0 Å². The summed E-state index contributed by atoms with van der Waals surface area (Å²) < 4.78 is 6.33. The molecule has 0 heterocycles. The van der Waals surface area contributed by atoms with Crippen LogP contribution in [0.1, 0.15) is 18.6 Å². The lowest BCUT2D eigenvalue weighted by Gasteiger charge is -2.10. The van der Waals surface area contributed by atoms with Crippen molar-refractivity contribution in [3.63, 3.8) is 0 Å². The first-order chi connectivity index (χ1) is 9.47. The molecule has 2 aromatic carbocycles. The monoisotopic (exact) mass is 337 g/mol. The zero-order valence-corrected chi connectivity index (χ0v) is 12.2. The molecule has 20 heavy (non-hydrogen) atoms. The number of non-ortho nitro benzene ring substituents is 1. The molecule has 5 nitrogen and oxygen atoms in total. The number of aliphatic hydroxyl groups excluding tert-OH is 1. The number of hydrogen-bond acceptors (Lipinski definition) is 4. The zero-order valence-electron chi connectivity index (χ0n) is 10.6. The van der Waals surface area contributed by atoms with Gasteiger partial charge in [-0.3, -0.25) is 10.1 Å². The second-order valence-electron chi connectivity index (χ2n) is 4.22. The van der Waals surface area contributed by atoms with Gasteiger partial charge in [0.05, 0.1) is 15.5 Å². The fourth-order valence-corrected chi connectivity index (χ4v) is 2.10. The van der Waals surface area contributed by atoms with Gasteiger partial charge in [0.25, 0.3) is 5.69 Å². The fraction of sp³-hybridized carbons (Fsp3) is 0.143. The normalized spacial score (nSPS) is 11.9. The van der Waals surface area contributed by atoms with E-state index in [4.69, 9.17) is 4.74 Å². The molecule has 0 aliphatic carbocycles. The van der Waals surface area contributed by atoms with Gasteiger partial charge < -0.3 is 9.84 Å². The number of benzene rings is 2. The van der Waals surface area contributed by atoms with Crippen LogP contribution >= 0.6 is 15.9 Å². The summed E-state index contributed by atoms with van der Waals surface area (Å²) in [5, 5.41) is 20.0. The number of rotatable bonds is 4. The first-order valence-corrected chi connectivity index (χ1v) is 6.66. The average molecular weight is 338 g/mol. The maximum absolute atomic E-state index is 10.6. The summed E-state index contributed by atoms with van der Waals surface area (Å²) in [4.78, 5) is 10.1. The van der Waals surface area contributed by atoms with Gasteiger partial charge in [0.15, 0.2) is 0 Å². The second-order valence-corrected chi connectivity index (χ2v) is 5.07. The summed E-state index contributed by atoms with van der Waals surface area (Å²) in [5.41, 5.74) is 0.786. The Balaban J connectivity index is 2.19. The van der Waals surface area contributed by atoms with Crippen molar-refractivity contribution in [2.24, 2.45) is 0 Å². The molecule has 0 fully saturated rings. The molecule has 0 aliphatic rings. The third-order valence-corrected chi connectivity index (χ3v) is 3.33. The van der Waals surface area contributed by atoms with Crippen molar-refractivity contribution in [1.82, 2.24) is 0 Å². The molecule has 0 amide bonds. The topological polar surface area (TPSA) is 72.6 Å². The van der Waals surface area contributed by atoms with Crippen molar-refractivity contribution in [2.45, 2.75) is 13.0 Å². The Kier molecular flexibility index (Phi) is 4.36. The molecule has 2 rings (SSSR count). The summed E-state index contributed by atoms with van der Waals surface area (Å²) in [5.74, 6) is 1.07. The Labute approximate surface area is 124 Å². The Morgan fingerprint density at radius 1 is 1.25 bits per heavy atom. The number of nitro groups is 1. The molecule has 0 spiro atoms. The van der Waals surface area contributed by atoms with E-state index in [0.717, 1.165) is 5.56 Å². The summed E-state index contributed by atoms with van der Waals surface area (Å²) >= 11 is 3.37. The Bertz CT molecular complexity index is 626. The highest BCUT2D eigenvalue weighted by atomic mass is 79.9. The van der Waals surface area contributed by atoms with Crippen molar-refractivity contribution in [1.29, 1.82) is 0 Å². The van der Waals surface area contributed by atoms with E-state index in [1.165, 1.54) is 24.3 Å². The number of ether oxygens (including phenoxy) is 1. The van der Waals surface area contributed by atoms with Gasteiger partial charge >= 0.3 is 0 Å². The molecule has 1 atom stereocenters. The first kappa shape index (κ1) is 14.5. The number of hydrogen-bond donors (Lipinski definition) is 1. The van der Waals surface area contributed by atoms with Crippen molar-refractivity contribution in [3.05, 3.63) is 62.6 Å². The van der Waals surface area contributed by atoms with Crippen LogP contribution in [0, 0.1) is 10.1 Å². The minimum absolute atomic E-state index is 0.0147. The number of halogens is 1. The molecule has 1 unspecified atom stereocenters. The largest absolute Gasteiger partial charge is 0.456 e. The summed E-state index contributed by atoms with van der Waals surface area (Å²) in [7, 11) is 0. The molecule has 2 aromatic rings. The van der Waals surface area contributed by atoms with Crippen LogP contribution in [-0.4, -0.2) is 10.0 Å². The highest BCUT2D eigenvalue weighted by molar-refractivity contribution is 9.10. The maximum atomic E-state index is 10.6. The van der Waals surface area contributed by atoms with Crippen molar-refractivity contribution >= 4 is 21.6 Å². The zero-order chi connectivity index (χ0) is 14.7. The predicted molar refractivity (Wildman–Crippen MR) is 77.9 cm³/mol. The van der Waals surface area contributed by atoms with Crippen molar-refractivity contribution in [3.8, 4) is 11.5 Å². The highest BCUT2D eigenvalue weighted by Crippen LogP contribution is 2.32. The third kappa shape index (κ3) is 3.34. The lowest BCUT2D eigenvalue weighted by atomic mass is 10.1. The smallest absolute Gasteiger partial charge is 0.269 e. The molecule has 0 radical (unpaired) electrons. The lowest BCUT2D eigenvalue weighted by Crippen LogP contribution is -1.93. The van der Waals surface area contributed by atoms with E-state index in [2.05, 4.69) is 15.9 Å². The SMILES string of the molecule is CC(O)c1ccc(Oc2ccc([N+](=O)[O-])cc2)c(Br)c1. The van der Waals surface area contributed by atoms with Gasteiger partial charge in [0.1, 0.15) is 11.5 Å². The van der Waals surface area contributed by atoms with Gasteiger partial charge in [-0.1, -0.05) is 6.07 Å². The Morgan fingerprint density at radius 3 is 2.40 bits per heavy atom. The molecule has 6 heteroatoms. The number of aliphatic hydroxyl groups is 1. The molecule has 104 valence electrons. The molecule has 1 N–H and O–H groups in total. The highest BCUT2D eigenvalue weighted by Gasteiger charge is 2.09. The second kappa shape index (κ2) is 6.02. The molecular weight excluding hydrogens is 326 g/mol. The number of nitro benzene ring substituents is 1. The van der Waals surface area contributed by atoms with E-state index >= 15 is 0 Å². The lowest BCUT2D eigenvalue weighted by molar-refractivity contribution is -0.384. The van der Waals surface area contributed by atoms with Crippen LogP contribution in [0.3, 0.4) is 0 Å². The van der Waals surface area contributed by atoms with E-state index in [9.17, 15) is 15.2 Å². The average Bonchev–Trinajstić information content (AvgIpc) is 2.41. The molecule has 0 bridgehead atoms. The van der Waals surface area contributed by atoms with Gasteiger partial charge in [-0.15, -0.1) is 0 Å². The third-order valence-electron chi connectivity index (χ3n) is 2.71. The Hall–Kier alpha value is -1.92. The van der Waals surface area contributed by atoms with Crippen LogP contribution in [0.5, 0.6) is 11.5 Å². The van der Waals surface area contributed by atoms with E-state index in [-0.39, 0.29) is 5.69 Å². The van der Waals surface area contributed by atoms with Gasteiger partial charge in [0, 0.05) is 12.1 Å². The van der Waals surface area contributed by atoms with Gasteiger partial charge in [0.2, 0.25) is 0 Å².